The largest absolute Gasteiger partial charge is 0.396 e. The van der Waals surface area contributed by atoms with E-state index in [9.17, 15) is 10.2 Å². The maximum absolute atomic E-state index is 9.78. The van der Waals surface area contributed by atoms with Crippen LogP contribution in [0.25, 0.3) is 0 Å². The highest BCUT2D eigenvalue weighted by molar-refractivity contribution is 4.77. The molecule has 1 fully saturated rings. The highest BCUT2D eigenvalue weighted by Gasteiger charge is 2.24. The number of rotatable bonds is 11. The molecule has 1 saturated carbocycles. The van der Waals surface area contributed by atoms with Crippen molar-refractivity contribution in [1.82, 2.24) is 5.32 Å². The molecule has 0 aromatic heterocycles. The van der Waals surface area contributed by atoms with Gasteiger partial charge in [-0.05, 0) is 38.1 Å². The molecule has 5 nitrogen and oxygen atoms in total. The number of nitrogens with one attached hydrogen (secondary N) is 1. The van der Waals surface area contributed by atoms with Crippen LogP contribution in [0.3, 0.4) is 0 Å². The van der Waals surface area contributed by atoms with Crippen molar-refractivity contribution in [2.24, 2.45) is 11.8 Å². The second-order valence-corrected chi connectivity index (χ2v) is 5.57. The first-order valence-corrected chi connectivity index (χ1v) is 7.93. The smallest absolute Gasteiger partial charge is 0.0897 e. The molecule has 20 heavy (non-hydrogen) atoms. The van der Waals surface area contributed by atoms with E-state index in [2.05, 4.69) is 5.32 Å². The molecule has 0 saturated heterocycles. The van der Waals surface area contributed by atoms with E-state index < -0.39 is 6.10 Å². The van der Waals surface area contributed by atoms with Gasteiger partial charge in [0.15, 0.2) is 0 Å². The zero-order valence-corrected chi connectivity index (χ0v) is 12.7. The Morgan fingerprint density at radius 3 is 2.55 bits per heavy atom. The highest BCUT2D eigenvalue weighted by atomic mass is 16.5. The molecule has 5 heteroatoms. The van der Waals surface area contributed by atoms with Crippen molar-refractivity contribution < 1.29 is 19.7 Å². The average Bonchev–Trinajstić information content (AvgIpc) is 2.47. The standard InChI is InChI=1S/C15H31NO4/c1-2-19-7-8-20-12-15(18)10-16-9-13-5-3-4-6-14(13)11-17/h13-18H,2-12H2,1H3. The Labute approximate surface area is 122 Å². The van der Waals surface area contributed by atoms with Gasteiger partial charge in [-0.2, -0.15) is 0 Å². The summed E-state index contributed by atoms with van der Waals surface area (Å²) in [6.07, 6.45) is 4.32. The lowest BCUT2D eigenvalue weighted by Crippen LogP contribution is -2.37. The summed E-state index contributed by atoms with van der Waals surface area (Å²) in [5.74, 6) is 0.968. The van der Waals surface area contributed by atoms with Gasteiger partial charge in [-0.1, -0.05) is 12.8 Å². The average molecular weight is 289 g/mol. The lowest BCUT2D eigenvalue weighted by molar-refractivity contribution is 0.00578. The van der Waals surface area contributed by atoms with Crippen LogP contribution >= 0.6 is 0 Å². The molecule has 0 spiro atoms. The lowest BCUT2D eigenvalue weighted by atomic mass is 9.79. The van der Waals surface area contributed by atoms with Crippen LogP contribution in [-0.2, 0) is 9.47 Å². The summed E-state index contributed by atoms with van der Waals surface area (Å²) >= 11 is 0. The maximum Gasteiger partial charge on any atom is 0.0897 e. The van der Waals surface area contributed by atoms with Crippen LogP contribution in [0.1, 0.15) is 32.6 Å². The second kappa shape index (κ2) is 11.5. The molecular weight excluding hydrogens is 258 g/mol. The summed E-state index contributed by atoms with van der Waals surface area (Å²) in [4.78, 5) is 0. The Morgan fingerprint density at radius 1 is 1.15 bits per heavy atom. The van der Waals surface area contributed by atoms with Crippen molar-refractivity contribution in [3.8, 4) is 0 Å². The number of aliphatic hydroxyl groups is 2. The third kappa shape index (κ3) is 7.55. The minimum atomic E-state index is -0.479. The molecule has 0 aliphatic heterocycles. The van der Waals surface area contributed by atoms with E-state index in [1.165, 1.54) is 19.3 Å². The predicted molar refractivity (Wildman–Crippen MR) is 78.7 cm³/mol. The number of ether oxygens (including phenoxy) is 2. The van der Waals surface area contributed by atoms with Crippen molar-refractivity contribution in [1.29, 1.82) is 0 Å². The van der Waals surface area contributed by atoms with Crippen LogP contribution in [0.4, 0.5) is 0 Å². The Balaban J connectivity index is 2.01. The minimum Gasteiger partial charge on any atom is -0.396 e. The molecule has 120 valence electrons. The van der Waals surface area contributed by atoms with Gasteiger partial charge >= 0.3 is 0 Å². The Hall–Kier alpha value is -0.200. The first-order chi connectivity index (χ1) is 9.77. The van der Waals surface area contributed by atoms with Crippen molar-refractivity contribution in [3.63, 3.8) is 0 Å². The summed E-state index contributed by atoms with van der Waals surface area (Å²) in [5, 5.41) is 22.4. The Kier molecular flexibility index (Phi) is 10.2. The van der Waals surface area contributed by atoms with Gasteiger partial charge in [0.25, 0.3) is 0 Å². The Bertz CT molecular complexity index is 228. The molecule has 1 aliphatic carbocycles. The normalized spacial score (nSPS) is 24.8. The van der Waals surface area contributed by atoms with Crippen LogP contribution in [-0.4, -0.2) is 62.4 Å². The van der Waals surface area contributed by atoms with E-state index in [0.29, 0.717) is 44.8 Å². The number of aliphatic hydroxyl groups excluding tert-OH is 2. The zero-order valence-electron chi connectivity index (χ0n) is 12.7. The van der Waals surface area contributed by atoms with E-state index in [1.54, 1.807) is 0 Å². The first-order valence-electron chi connectivity index (χ1n) is 7.93. The van der Waals surface area contributed by atoms with Gasteiger partial charge in [0.1, 0.15) is 0 Å². The molecule has 3 N–H and O–H groups in total. The molecule has 3 unspecified atom stereocenters. The van der Waals surface area contributed by atoms with Gasteiger partial charge in [0.2, 0.25) is 0 Å². The molecule has 0 radical (unpaired) electrons. The van der Waals surface area contributed by atoms with Crippen LogP contribution in [0.5, 0.6) is 0 Å². The van der Waals surface area contributed by atoms with Crippen molar-refractivity contribution >= 4 is 0 Å². The van der Waals surface area contributed by atoms with Gasteiger partial charge in [-0.15, -0.1) is 0 Å². The topological polar surface area (TPSA) is 71.0 Å². The lowest BCUT2D eigenvalue weighted by Gasteiger charge is -2.30. The summed E-state index contributed by atoms with van der Waals surface area (Å²) < 4.78 is 10.5. The van der Waals surface area contributed by atoms with Crippen LogP contribution < -0.4 is 5.32 Å². The summed E-state index contributed by atoms with van der Waals surface area (Å²) in [5.41, 5.74) is 0. The first kappa shape index (κ1) is 17.9. The van der Waals surface area contributed by atoms with Crippen molar-refractivity contribution in [2.45, 2.75) is 38.7 Å². The Morgan fingerprint density at radius 2 is 1.85 bits per heavy atom. The summed E-state index contributed by atoms with van der Waals surface area (Å²) in [6, 6.07) is 0. The fourth-order valence-electron chi connectivity index (χ4n) is 2.77. The molecule has 0 amide bonds. The molecule has 3 atom stereocenters. The van der Waals surface area contributed by atoms with Gasteiger partial charge in [-0.25, -0.2) is 0 Å². The fraction of sp³-hybridized carbons (Fsp3) is 1.00. The van der Waals surface area contributed by atoms with Crippen LogP contribution in [0.2, 0.25) is 0 Å². The van der Waals surface area contributed by atoms with Crippen LogP contribution in [0.15, 0.2) is 0 Å². The monoisotopic (exact) mass is 289 g/mol. The molecule has 1 aliphatic rings. The van der Waals surface area contributed by atoms with Gasteiger partial charge in [0.05, 0.1) is 25.9 Å². The molecule has 0 aromatic rings. The molecule has 0 heterocycles. The molecule has 1 rings (SSSR count). The van der Waals surface area contributed by atoms with Crippen molar-refractivity contribution in [3.05, 3.63) is 0 Å². The third-order valence-corrected chi connectivity index (χ3v) is 3.97. The highest BCUT2D eigenvalue weighted by Crippen LogP contribution is 2.28. The summed E-state index contributed by atoms with van der Waals surface area (Å²) in [6.45, 7) is 5.80. The number of hydrogen-bond donors (Lipinski definition) is 3. The number of hydrogen-bond acceptors (Lipinski definition) is 5. The van der Waals surface area contributed by atoms with Crippen LogP contribution in [0, 0.1) is 11.8 Å². The summed E-state index contributed by atoms with van der Waals surface area (Å²) in [7, 11) is 0. The third-order valence-electron chi connectivity index (χ3n) is 3.97. The van der Waals surface area contributed by atoms with E-state index in [1.807, 2.05) is 6.92 Å². The molecular formula is C15H31NO4. The minimum absolute atomic E-state index is 0.287. The second-order valence-electron chi connectivity index (χ2n) is 5.57. The maximum atomic E-state index is 9.78. The fourth-order valence-corrected chi connectivity index (χ4v) is 2.77. The SMILES string of the molecule is CCOCCOCC(O)CNCC1CCCCC1CO. The zero-order chi connectivity index (χ0) is 14.6. The van der Waals surface area contributed by atoms with E-state index in [-0.39, 0.29) is 6.61 Å². The molecule has 0 bridgehead atoms. The van der Waals surface area contributed by atoms with Gasteiger partial charge in [0, 0.05) is 19.8 Å². The van der Waals surface area contributed by atoms with Gasteiger partial charge in [-0.3, -0.25) is 0 Å². The predicted octanol–water partition coefficient (Wildman–Crippen LogP) is 0.789. The van der Waals surface area contributed by atoms with E-state index in [4.69, 9.17) is 9.47 Å². The van der Waals surface area contributed by atoms with E-state index >= 15 is 0 Å². The molecule has 0 aromatic carbocycles. The van der Waals surface area contributed by atoms with E-state index in [0.717, 1.165) is 13.0 Å². The quantitative estimate of drug-likeness (QED) is 0.491. The van der Waals surface area contributed by atoms with Crippen molar-refractivity contribution in [2.75, 3.05) is 46.1 Å². The van der Waals surface area contributed by atoms with Gasteiger partial charge < -0.3 is 25.0 Å².